The number of imidazole rings is 1. The maximum Gasteiger partial charge on any atom is 0.342 e. The highest BCUT2D eigenvalue weighted by molar-refractivity contribution is 6.33. The van der Waals surface area contributed by atoms with Gasteiger partial charge in [0.2, 0.25) is 0 Å². The fourth-order valence-corrected chi connectivity index (χ4v) is 4.73. The number of carbonyl (C=O) groups excluding carboxylic acids is 1. The SMILES string of the molecule is Cc1cc2nc(-c3cccc(-c4cc(F)c(F)cc4OCc4ccccc4)c3)cn2c(Cl)c1C(=O)OC(C)(C)C. The monoisotopic (exact) mass is 560 g/mol. The molecule has 0 amide bonds. The molecule has 0 atom stereocenters. The predicted octanol–water partition coefficient (Wildman–Crippen LogP) is 8.44. The molecule has 40 heavy (non-hydrogen) atoms. The number of nitrogens with zero attached hydrogens (tertiary/aromatic N) is 2. The summed E-state index contributed by atoms with van der Waals surface area (Å²) in [6.45, 7) is 7.35. The lowest BCUT2D eigenvalue weighted by atomic mass is 10.0. The molecule has 3 aromatic carbocycles. The normalized spacial score (nSPS) is 11.6. The highest BCUT2D eigenvalue weighted by Crippen LogP contribution is 2.35. The van der Waals surface area contributed by atoms with Crippen molar-refractivity contribution in [3.05, 3.63) is 112 Å². The van der Waals surface area contributed by atoms with Crippen LogP contribution in [0.3, 0.4) is 0 Å². The molecular formula is C32H27ClF2N2O3. The van der Waals surface area contributed by atoms with E-state index in [9.17, 15) is 13.6 Å². The van der Waals surface area contributed by atoms with E-state index in [1.54, 1.807) is 56.5 Å². The Labute approximate surface area is 236 Å². The van der Waals surface area contributed by atoms with Gasteiger partial charge in [-0.05, 0) is 62.6 Å². The summed E-state index contributed by atoms with van der Waals surface area (Å²) in [4.78, 5) is 17.5. The third kappa shape index (κ3) is 5.70. The van der Waals surface area contributed by atoms with Crippen LogP contribution in [0.4, 0.5) is 8.78 Å². The van der Waals surface area contributed by atoms with Gasteiger partial charge in [-0.25, -0.2) is 18.6 Å². The van der Waals surface area contributed by atoms with Crippen LogP contribution in [-0.4, -0.2) is 21.0 Å². The van der Waals surface area contributed by atoms with E-state index in [2.05, 4.69) is 0 Å². The largest absolute Gasteiger partial charge is 0.488 e. The highest BCUT2D eigenvalue weighted by atomic mass is 35.5. The topological polar surface area (TPSA) is 52.8 Å². The van der Waals surface area contributed by atoms with E-state index in [0.717, 1.165) is 17.7 Å². The van der Waals surface area contributed by atoms with E-state index in [-0.39, 0.29) is 23.1 Å². The first-order valence-electron chi connectivity index (χ1n) is 12.7. The lowest BCUT2D eigenvalue weighted by molar-refractivity contribution is 0.00684. The van der Waals surface area contributed by atoms with Crippen LogP contribution in [0.1, 0.15) is 42.3 Å². The first-order valence-corrected chi connectivity index (χ1v) is 13.1. The number of halogens is 3. The van der Waals surface area contributed by atoms with Gasteiger partial charge in [-0.15, -0.1) is 0 Å². The summed E-state index contributed by atoms with van der Waals surface area (Å²) in [6, 6.07) is 20.7. The molecule has 5 rings (SSSR count). The molecule has 0 spiro atoms. The van der Waals surface area contributed by atoms with Crippen LogP contribution in [0.2, 0.25) is 5.15 Å². The molecule has 204 valence electrons. The Morgan fingerprint density at radius 1 is 0.950 bits per heavy atom. The minimum Gasteiger partial charge on any atom is -0.488 e. The Hall–Kier alpha value is -4.23. The van der Waals surface area contributed by atoms with Gasteiger partial charge in [-0.1, -0.05) is 60.1 Å². The van der Waals surface area contributed by atoms with Gasteiger partial charge in [-0.2, -0.15) is 0 Å². The first-order chi connectivity index (χ1) is 19.0. The first kappa shape index (κ1) is 27.3. The molecule has 0 aliphatic heterocycles. The van der Waals surface area contributed by atoms with Crippen LogP contribution in [0.25, 0.3) is 28.0 Å². The second kappa shape index (κ2) is 10.7. The number of aryl methyl sites for hydroxylation is 1. The number of aromatic nitrogens is 2. The van der Waals surface area contributed by atoms with Crippen molar-refractivity contribution in [2.24, 2.45) is 0 Å². The van der Waals surface area contributed by atoms with Crippen molar-refractivity contribution in [3.63, 3.8) is 0 Å². The second-order valence-corrected chi connectivity index (χ2v) is 10.8. The van der Waals surface area contributed by atoms with Crippen LogP contribution in [0.15, 0.2) is 79.0 Å². The number of fused-ring (bicyclic) bond motifs is 1. The number of rotatable bonds is 6. The summed E-state index contributed by atoms with van der Waals surface area (Å²) in [6.07, 6.45) is 1.72. The number of hydrogen-bond donors (Lipinski definition) is 0. The predicted molar refractivity (Wildman–Crippen MR) is 152 cm³/mol. The van der Waals surface area contributed by atoms with Crippen molar-refractivity contribution < 1.29 is 23.0 Å². The van der Waals surface area contributed by atoms with E-state index in [1.165, 1.54) is 0 Å². The van der Waals surface area contributed by atoms with Crippen LogP contribution < -0.4 is 4.74 Å². The van der Waals surface area contributed by atoms with E-state index in [0.29, 0.717) is 33.6 Å². The molecule has 5 aromatic rings. The molecule has 8 heteroatoms. The van der Waals surface area contributed by atoms with Crippen molar-refractivity contribution in [3.8, 4) is 28.1 Å². The summed E-state index contributed by atoms with van der Waals surface area (Å²) in [5.41, 5.74) is 4.00. The van der Waals surface area contributed by atoms with Crippen LogP contribution >= 0.6 is 11.6 Å². The van der Waals surface area contributed by atoms with Crippen molar-refractivity contribution in [1.29, 1.82) is 0 Å². The molecule has 0 fully saturated rings. The quantitative estimate of drug-likeness (QED) is 0.154. The number of esters is 1. The minimum absolute atomic E-state index is 0.191. The second-order valence-electron chi connectivity index (χ2n) is 10.5. The van der Waals surface area contributed by atoms with Gasteiger partial charge in [0.15, 0.2) is 11.6 Å². The number of ether oxygens (including phenoxy) is 2. The molecule has 0 bridgehead atoms. The fraction of sp³-hybridized carbons (Fsp3) is 0.188. The third-order valence-corrected chi connectivity index (χ3v) is 6.59. The average Bonchev–Trinajstić information content (AvgIpc) is 3.33. The Morgan fingerprint density at radius 2 is 1.65 bits per heavy atom. The molecule has 0 N–H and O–H groups in total. The molecular weight excluding hydrogens is 534 g/mol. The van der Waals surface area contributed by atoms with E-state index >= 15 is 0 Å². The van der Waals surface area contributed by atoms with Gasteiger partial charge in [-0.3, -0.25) is 4.40 Å². The molecule has 0 saturated carbocycles. The van der Waals surface area contributed by atoms with Gasteiger partial charge in [0.25, 0.3) is 0 Å². The molecule has 5 nitrogen and oxygen atoms in total. The Balaban J connectivity index is 1.52. The van der Waals surface area contributed by atoms with E-state index in [4.69, 9.17) is 26.1 Å². The maximum atomic E-state index is 14.4. The van der Waals surface area contributed by atoms with Crippen molar-refractivity contribution in [2.75, 3.05) is 0 Å². The van der Waals surface area contributed by atoms with Crippen LogP contribution in [0.5, 0.6) is 5.75 Å². The molecule has 2 aromatic heterocycles. The number of benzene rings is 3. The summed E-state index contributed by atoms with van der Waals surface area (Å²) in [5.74, 6) is -2.27. The zero-order chi connectivity index (χ0) is 28.6. The molecule has 0 aliphatic carbocycles. The van der Waals surface area contributed by atoms with Gasteiger partial charge < -0.3 is 9.47 Å². The lowest BCUT2D eigenvalue weighted by Gasteiger charge is -2.20. The molecule has 0 unspecified atom stereocenters. The third-order valence-electron chi connectivity index (χ3n) is 6.22. The molecule has 2 heterocycles. The van der Waals surface area contributed by atoms with Gasteiger partial charge in [0.1, 0.15) is 28.8 Å². The lowest BCUT2D eigenvalue weighted by Crippen LogP contribution is -2.25. The van der Waals surface area contributed by atoms with Crippen LogP contribution in [-0.2, 0) is 11.3 Å². The number of carbonyl (C=O) groups is 1. The van der Waals surface area contributed by atoms with E-state index in [1.807, 2.05) is 42.5 Å². The zero-order valence-corrected chi connectivity index (χ0v) is 23.2. The molecule has 0 aliphatic rings. The van der Waals surface area contributed by atoms with Crippen molar-refractivity contribution in [1.82, 2.24) is 9.38 Å². The average molecular weight is 561 g/mol. The summed E-state index contributed by atoms with van der Waals surface area (Å²) >= 11 is 6.67. The summed E-state index contributed by atoms with van der Waals surface area (Å²) < 4.78 is 41.6. The zero-order valence-electron chi connectivity index (χ0n) is 22.5. The fourth-order valence-electron chi connectivity index (χ4n) is 4.37. The van der Waals surface area contributed by atoms with Gasteiger partial charge in [0, 0.05) is 23.4 Å². The van der Waals surface area contributed by atoms with Gasteiger partial charge >= 0.3 is 5.97 Å². The Morgan fingerprint density at radius 3 is 2.38 bits per heavy atom. The van der Waals surface area contributed by atoms with Gasteiger partial charge in [0.05, 0.1) is 11.3 Å². The summed E-state index contributed by atoms with van der Waals surface area (Å²) in [7, 11) is 0. The number of pyridine rings is 1. The molecule has 0 saturated heterocycles. The van der Waals surface area contributed by atoms with Crippen LogP contribution in [0, 0.1) is 18.6 Å². The minimum atomic E-state index is -0.992. The Kier molecular flexibility index (Phi) is 7.34. The van der Waals surface area contributed by atoms with E-state index < -0.39 is 23.2 Å². The highest BCUT2D eigenvalue weighted by Gasteiger charge is 2.24. The Bertz CT molecular complexity index is 1730. The smallest absolute Gasteiger partial charge is 0.342 e. The molecule has 0 radical (unpaired) electrons. The number of hydrogen-bond acceptors (Lipinski definition) is 4. The van der Waals surface area contributed by atoms with Crippen molar-refractivity contribution >= 4 is 23.2 Å². The summed E-state index contributed by atoms with van der Waals surface area (Å²) in [5, 5.41) is 0.191. The standard InChI is InChI=1S/C32H27ClF2N2O3/c1-19-13-28-36-26(17-37(28)30(33)29(19)31(38)40-32(2,3)4)22-12-8-11-21(14-22)23-15-24(34)25(35)16-27(23)39-18-20-9-6-5-7-10-20/h5-17H,18H2,1-4H3. The maximum absolute atomic E-state index is 14.4. The van der Waals surface area contributed by atoms with Crippen molar-refractivity contribution in [2.45, 2.75) is 39.9 Å².